The summed E-state index contributed by atoms with van der Waals surface area (Å²) in [6.07, 6.45) is -1.10. The molecule has 0 amide bonds. The molecule has 0 unspecified atom stereocenters. The fraction of sp³-hybridized carbons (Fsp3) is 0.231. The van der Waals surface area contributed by atoms with Crippen LogP contribution in [0.15, 0.2) is 42.5 Å². The Bertz CT molecular complexity index is 550. The topological polar surface area (TPSA) is 72.6 Å². The molecule has 0 heterocycles. The molecule has 2 aromatic rings. The summed E-state index contributed by atoms with van der Waals surface area (Å²) >= 11 is 0. The predicted octanol–water partition coefficient (Wildman–Crippen LogP) is 1.86. The monoisotopic (exact) mass is 247 g/mol. The second-order valence-corrected chi connectivity index (χ2v) is 3.96. The highest BCUT2D eigenvalue weighted by molar-refractivity contribution is 5.88. The molecule has 0 aromatic heterocycles. The second-order valence-electron chi connectivity index (χ2n) is 3.96. The molecular formula is C13H13NO4. The molecule has 1 N–H and O–H groups in total. The number of benzene rings is 2. The number of fused-ring (bicyclic) bond motifs is 1. The predicted molar refractivity (Wildman–Crippen MR) is 67.3 cm³/mol. The van der Waals surface area contributed by atoms with Gasteiger partial charge in [0.25, 0.3) is 0 Å². The minimum Gasteiger partial charge on any atom is -0.490 e. The fourth-order valence-corrected chi connectivity index (χ4v) is 1.73. The first-order chi connectivity index (χ1) is 8.66. The van der Waals surface area contributed by atoms with Crippen molar-refractivity contribution in [2.24, 2.45) is 0 Å². The van der Waals surface area contributed by atoms with Crippen LogP contribution in [0, 0.1) is 10.1 Å². The minimum absolute atomic E-state index is 0.0883. The van der Waals surface area contributed by atoms with Crippen molar-refractivity contribution >= 4 is 10.8 Å². The molecule has 0 spiro atoms. The van der Waals surface area contributed by atoms with Gasteiger partial charge < -0.3 is 9.84 Å². The summed E-state index contributed by atoms with van der Waals surface area (Å²) in [6, 6.07) is 13.3. The van der Waals surface area contributed by atoms with E-state index in [4.69, 9.17) is 4.74 Å². The quantitative estimate of drug-likeness (QED) is 0.646. The van der Waals surface area contributed by atoms with Gasteiger partial charge in [0, 0.05) is 10.3 Å². The summed E-state index contributed by atoms with van der Waals surface area (Å²) < 4.78 is 5.43. The third-order valence-corrected chi connectivity index (χ3v) is 2.54. The van der Waals surface area contributed by atoms with Gasteiger partial charge in [0.2, 0.25) is 6.54 Å². The molecule has 5 heteroatoms. The van der Waals surface area contributed by atoms with Crippen LogP contribution in [-0.4, -0.2) is 29.3 Å². The maximum atomic E-state index is 10.2. The van der Waals surface area contributed by atoms with Crippen molar-refractivity contribution in [2.45, 2.75) is 6.10 Å². The lowest BCUT2D eigenvalue weighted by atomic mass is 10.1. The molecule has 5 nitrogen and oxygen atoms in total. The highest BCUT2D eigenvalue weighted by atomic mass is 16.6. The van der Waals surface area contributed by atoms with Gasteiger partial charge in [0.05, 0.1) is 0 Å². The third-order valence-electron chi connectivity index (χ3n) is 2.54. The fourth-order valence-electron chi connectivity index (χ4n) is 1.73. The summed E-state index contributed by atoms with van der Waals surface area (Å²) in [5.74, 6) is 0.621. The Morgan fingerprint density at radius 1 is 1.22 bits per heavy atom. The van der Waals surface area contributed by atoms with Crippen molar-refractivity contribution in [3.8, 4) is 5.75 Å². The number of aliphatic hydroxyl groups is 1. The molecule has 1 atom stereocenters. The molecule has 18 heavy (non-hydrogen) atoms. The second kappa shape index (κ2) is 5.46. The van der Waals surface area contributed by atoms with E-state index >= 15 is 0 Å². The van der Waals surface area contributed by atoms with Crippen molar-refractivity contribution in [3.63, 3.8) is 0 Å². The summed E-state index contributed by atoms with van der Waals surface area (Å²) in [5.41, 5.74) is 0. The van der Waals surface area contributed by atoms with Crippen LogP contribution in [0.1, 0.15) is 0 Å². The van der Waals surface area contributed by atoms with Gasteiger partial charge in [-0.15, -0.1) is 0 Å². The first-order valence-corrected chi connectivity index (χ1v) is 5.57. The SMILES string of the molecule is O=[N+]([O-])C[C@H](O)COc1cccc2ccccc12. The Morgan fingerprint density at radius 2 is 1.94 bits per heavy atom. The summed E-state index contributed by atoms with van der Waals surface area (Å²) in [6.45, 7) is -0.597. The first kappa shape index (κ1) is 12.3. The molecule has 2 aromatic carbocycles. The zero-order chi connectivity index (χ0) is 13.0. The molecular weight excluding hydrogens is 234 g/mol. The molecule has 0 aliphatic carbocycles. The van der Waals surface area contributed by atoms with Crippen LogP contribution in [0.4, 0.5) is 0 Å². The minimum atomic E-state index is -1.10. The largest absolute Gasteiger partial charge is 0.490 e. The molecule has 0 saturated heterocycles. The van der Waals surface area contributed by atoms with Gasteiger partial charge >= 0.3 is 0 Å². The lowest BCUT2D eigenvalue weighted by molar-refractivity contribution is -0.490. The Morgan fingerprint density at radius 3 is 2.72 bits per heavy atom. The van der Waals surface area contributed by atoms with E-state index in [0.717, 1.165) is 10.8 Å². The van der Waals surface area contributed by atoms with Gasteiger partial charge in [0.1, 0.15) is 12.4 Å². The molecule has 0 radical (unpaired) electrons. The average Bonchev–Trinajstić information content (AvgIpc) is 2.35. The van der Waals surface area contributed by atoms with E-state index in [2.05, 4.69) is 0 Å². The number of nitro groups is 1. The summed E-state index contributed by atoms with van der Waals surface area (Å²) in [5, 5.41) is 21.6. The molecule has 0 fully saturated rings. The van der Waals surface area contributed by atoms with Gasteiger partial charge in [-0.2, -0.15) is 0 Å². The molecule has 0 saturated carbocycles. The lowest BCUT2D eigenvalue weighted by Crippen LogP contribution is -2.26. The molecule has 94 valence electrons. The van der Waals surface area contributed by atoms with Crippen molar-refractivity contribution < 1.29 is 14.8 Å². The Labute approximate surface area is 104 Å². The molecule has 0 aliphatic heterocycles. The van der Waals surface area contributed by atoms with Crippen molar-refractivity contribution in [2.75, 3.05) is 13.2 Å². The van der Waals surface area contributed by atoms with E-state index in [1.54, 1.807) is 6.07 Å². The number of aliphatic hydroxyl groups excluding tert-OH is 1. The van der Waals surface area contributed by atoms with Crippen LogP contribution in [-0.2, 0) is 0 Å². The van der Waals surface area contributed by atoms with E-state index in [-0.39, 0.29) is 6.61 Å². The van der Waals surface area contributed by atoms with Gasteiger partial charge in [-0.25, -0.2) is 0 Å². The Hall–Kier alpha value is -2.14. The number of rotatable bonds is 5. The van der Waals surface area contributed by atoms with Crippen LogP contribution >= 0.6 is 0 Å². The third kappa shape index (κ3) is 2.95. The first-order valence-electron chi connectivity index (χ1n) is 5.57. The zero-order valence-corrected chi connectivity index (χ0v) is 9.65. The standard InChI is InChI=1S/C13H13NO4/c15-11(8-14(16)17)9-18-13-7-3-5-10-4-1-2-6-12(10)13/h1-7,11,15H,8-9H2/t11-/m0/s1. The average molecular weight is 247 g/mol. The van der Waals surface area contributed by atoms with Crippen molar-refractivity contribution in [1.29, 1.82) is 0 Å². The van der Waals surface area contributed by atoms with E-state index in [0.29, 0.717) is 5.75 Å². The van der Waals surface area contributed by atoms with Crippen LogP contribution in [0.2, 0.25) is 0 Å². The number of nitrogens with zero attached hydrogens (tertiary/aromatic N) is 1. The summed E-state index contributed by atoms with van der Waals surface area (Å²) in [4.78, 5) is 9.67. The van der Waals surface area contributed by atoms with E-state index in [9.17, 15) is 15.2 Å². The van der Waals surface area contributed by atoms with E-state index in [1.165, 1.54) is 0 Å². The van der Waals surface area contributed by atoms with Gasteiger partial charge in [0.15, 0.2) is 6.10 Å². The number of hydrogen-bond acceptors (Lipinski definition) is 4. The van der Waals surface area contributed by atoms with Gasteiger partial charge in [-0.05, 0) is 11.5 Å². The van der Waals surface area contributed by atoms with Crippen molar-refractivity contribution in [3.05, 3.63) is 52.6 Å². The van der Waals surface area contributed by atoms with Gasteiger partial charge in [-0.1, -0.05) is 36.4 Å². The number of ether oxygens (including phenoxy) is 1. The highest BCUT2D eigenvalue weighted by Gasteiger charge is 2.12. The Kier molecular flexibility index (Phi) is 3.74. The van der Waals surface area contributed by atoms with Crippen LogP contribution in [0.5, 0.6) is 5.75 Å². The Balaban J connectivity index is 2.10. The van der Waals surface area contributed by atoms with Crippen LogP contribution in [0.25, 0.3) is 10.8 Å². The molecule has 2 rings (SSSR count). The lowest BCUT2D eigenvalue weighted by Gasteiger charge is -2.11. The highest BCUT2D eigenvalue weighted by Crippen LogP contribution is 2.25. The summed E-state index contributed by atoms with van der Waals surface area (Å²) in [7, 11) is 0. The van der Waals surface area contributed by atoms with Crippen LogP contribution in [0.3, 0.4) is 0 Å². The van der Waals surface area contributed by atoms with Crippen LogP contribution < -0.4 is 4.74 Å². The molecule has 0 aliphatic rings. The normalized spacial score (nSPS) is 12.3. The smallest absolute Gasteiger partial charge is 0.232 e. The van der Waals surface area contributed by atoms with Crippen molar-refractivity contribution in [1.82, 2.24) is 0 Å². The molecule has 0 bridgehead atoms. The maximum absolute atomic E-state index is 10.2. The van der Waals surface area contributed by atoms with E-state index < -0.39 is 17.6 Å². The van der Waals surface area contributed by atoms with E-state index in [1.807, 2.05) is 36.4 Å². The zero-order valence-electron chi connectivity index (χ0n) is 9.65. The van der Waals surface area contributed by atoms with Gasteiger partial charge in [-0.3, -0.25) is 10.1 Å². The number of hydrogen-bond donors (Lipinski definition) is 1. The maximum Gasteiger partial charge on any atom is 0.232 e.